The third-order valence-corrected chi connectivity index (χ3v) is 4.57. The Bertz CT molecular complexity index is 410. The number of nitrogens with one attached hydrogen (secondary N) is 1. The van der Waals surface area contributed by atoms with Crippen molar-refractivity contribution < 1.29 is 4.39 Å². The Morgan fingerprint density at radius 1 is 1.11 bits per heavy atom. The molecule has 0 spiro atoms. The zero-order chi connectivity index (χ0) is 12.4. The first-order valence-corrected chi connectivity index (χ1v) is 7.34. The summed E-state index contributed by atoms with van der Waals surface area (Å²) in [6.07, 6.45) is 9.44. The minimum Gasteiger partial charge on any atom is -0.382 e. The van der Waals surface area contributed by atoms with Gasteiger partial charge in [-0.25, -0.2) is 4.39 Å². The van der Waals surface area contributed by atoms with Gasteiger partial charge in [0.15, 0.2) is 0 Å². The van der Waals surface area contributed by atoms with E-state index in [-0.39, 0.29) is 5.82 Å². The zero-order valence-electron chi connectivity index (χ0n) is 10.9. The molecule has 98 valence electrons. The predicted molar refractivity (Wildman–Crippen MR) is 73.3 cm³/mol. The van der Waals surface area contributed by atoms with E-state index in [1.54, 1.807) is 6.07 Å². The van der Waals surface area contributed by atoms with E-state index in [4.69, 9.17) is 0 Å². The number of hydrogen-bond donors (Lipinski definition) is 1. The normalized spacial score (nSPS) is 24.4. The standard InChI is InChI=1S/C16H22FN/c17-15-8-4-7-14-10-13(11-18-16(14)15)9-12-5-2-1-3-6-12/h4,7-8,12-13,18H,1-3,5-6,9-11H2. The quantitative estimate of drug-likeness (QED) is 0.817. The van der Waals surface area contributed by atoms with E-state index in [9.17, 15) is 4.39 Å². The maximum absolute atomic E-state index is 13.6. The van der Waals surface area contributed by atoms with Gasteiger partial charge in [0.05, 0.1) is 5.69 Å². The van der Waals surface area contributed by atoms with Crippen molar-refractivity contribution in [1.82, 2.24) is 0 Å². The molecule has 18 heavy (non-hydrogen) atoms. The van der Waals surface area contributed by atoms with Crippen molar-refractivity contribution in [2.45, 2.75) is 44.9 Å². The summed E-state index contributed by atoms with van der Waals surface area (Å²) in [7, 11) is 0. The molecule has 0 radical (unpaired) electrons. The molecule has 1 N–H and O–H groups in total. The third-order valence-electron chi connectivity index (χ3n) is 4.57. The van der Waals surface area contributed by atoms with Gasteiger partial charge in [-0.1, -0.05) is 44.2 Å². The predicted octanol–water partition coefficient (Wildman–Crippen LogP) is 4.38. The molecule has 3 rings (SSSR count). The topological polar surface area (TPSA) is 12.0 Å². The van der Waals surface area contributed by atoms with Gasteiger partial charge >= 0.3 is 0 Å². The lowest BCUT2D eigenvalue weighted by atomic mass is 9.80. The van der Waals surface area contributed by atoms with Crippen LogP contribution in [0.2, 0.25) is 0 Å². The van der Waals surface area contributed by atoms with Gasteiger partial charge in [0.25, 0.3) is 0 Å². The maximum atomic E-state index is 13.6. The summed E-state index contributed by atoms with van der Waals surface area (Å²) in [6, 6.07) is 5.45. The van der Waals surface area contributed by atoms with Gasteiger partial charge in [0.1, 0.15) is 5.82 Å². The van der Waals surface area contributed by atoms with Crippen molar-refractivity contribution in [2.24, 2.45) is 11.8 Å². The summed E-state index contributed by atoms with van der Waals surface area (Å²) in [5.41, 5.74) is 1.92. The van der Waals surface area contributed by atoms with Crippen LogP contribution in [0.5, 0.6) is 0 Å². The van der Waals surface area contributed by atoms with Crippen LogP contribution in [0.1, 0.15) is 44.1 Å². The summed E-state index contributed by atoms with van der Waals surface area (Å²) in [6.45, 7) is 0.949. The highest BCUT2D eigenvalue weighted by atomic mass is 19.1. The highest BCUT2D eigenvalue weighted by Crippen LogP contribution is 2.34. The van der Waals surface area contributed by atoms with Crippen LogP contribution >= 0.6 is 0 Å². The molecule has 1 heterocycles. The van der Waals surface area contributed by atoms with Crippen molar-refractivity contribution in [2.75, 3.05) is 11.9 Å². The molecule has 1 nitrogen and oxygen atoms in total. The molecule has 1 saturated carbocycles. The fourth-order valence-corrected chi connectivity index (χ4v) is 3.63. The molecule has 1 unspecified atom stereocenters. The summed E-state index contributed by atoms with van der Waals surface area (Å²) < 4.78 is 13.6. The number of halogens is 1. The second-order valence-corrected chi connectivity index (χ2v) is 5.96. The average Bonchev–Trinajstić information content (AvgIpc) is 2.40. The zero-order valence-corrected chi connectivity index (χ0v) is 10.9. The van der Waals surface area contributed by atoms with Gasteiger partial charge < -0.3 is 5.32 Å². The summed E-state index contributed by atoms with van der Waals surface area (Å²) in [5.74, 6) is 1.52. The Morgan fingerprint density at radius 3 is 2.78 bits per heavy atom. The fraction of sp³-hybridized carbons (Fsp3) is 0.625. The number of anilines is 1. The molecule has 0 bridgehead atoms. The summed E-state index contributed by atoms with van der Waals surface area (Å²) in [4.78, 5) is 0. The Labute approximate surface area is 109 Å². The van der Waals surface area contributed by atoms with E-state index >= 15 is 0 Å². The van der Waals surface area contributed by atoms with Gasteiger partial charge in [-0.3, -0.25) is 0 Å². The number of benzene rings is 1. The van der Waals surface area contributed by atoms with Gasteiger partial charge in [-0.15, -0.1) is 0 Å². The van der Waals surface area contributed by atoms with Crippen LogP contribution in [0.3, 0.4) is 0 Å². The highest BCUT2D eigenvalue weighted by molar-refractivity contribution is 5.54. The van der Waals surface area contributed by atoms with Crippen molar-refractivity contribution in [1.29, 1.82) is 0 Å². The smallest absolute Gasteiger partial charge is 0.146 e. The Kier molecular flexibility index (Phi) is 3.53. The lowest BCUT2D eigenvalue weighted by molar-refractivity contribution is 0.289. The van der Waals surface area contributed by atoms with E-state index < -0.39 is 0 Å². The Hall–Kier alpha value is -1.05. The lowest BCUT2D eigenvalue weighted by Crippen LogP contribution is -2.26. The summed E-state index contributed by atoms with van der Waals surface area (Å²) >= 11 is 0. The van der Waals surface area contributed by atoms with Gasteiger partial charge in [0, 0.05) is 6.54 Å². The van der Waals surface area contributed by atoms with E-state index in [0.29, 0.717) is 5.92 Å². The molecule has 0 aromatic heterocycles. The van der Waals surface area contributed by atoms with Crippen molar-refractivity contribution in [3.63, 3.8) is 0 Å². The monoisotopic (exact) mass is 247 g/mol. The first kappa shape index (κ1) is 12.0. The van der Waals surface area contributed by atoms with E-state index in [1.807, 2.05) is 6.07 Å². The van der Waals surface area contributed by atoms with Crippen LogP contribution < -0.4 is 5.32 Å². The van der Waals surface area contributed by atoms with Gasteiger partial charge in [0.2, 0.25) is 0 Å². The van der Waals surface area contributed by atoms with E-state index in [1.165, 1.54) is 44.1 Å². The second kappa shape index (κ2) is 5.29. The molecular weight excluding hydrogens is 225 g/mol. The SMILES string of the molecule is Fc1cccc2c1NCC(CC1CCCCC1)C2. The molecule has 0 saturated heterocycles. The maximum Gasteiger partial charge on any atom is 0.146 e. The molecule has 1 fully saturated rings. The van der Waals surface area contributed by atoms with Crippen LogP contribution in [0.4, 0.5) is 10.1 Å². The molecule has 2 aliphatic rings. The number of hydrogen-bond acceptors (Lipinski definition) is 1. The van der Waals surface area contributed by atoms with Crippen molar-refractivity contribution >= 4 is 5.69 Å². The molecule has 1 atom stereocenters. The molecule has 2 heteroatoms. The van der Waals surface area contributed by atoms with E-state index in [2.05, 4.69) is 11.4 Å². The molecular formula is C16H22FN. The van der Waals surface area contributed by atoms with Crippen LogP contribution in [-0.4, -0.2) is 6.54 Å². The highest BCUT2D eigenvalue weighted by Gasteiger charge is 2.24. The number of para-hydroxylation sites is 1. The molecule has 1 aliphatic carbocycles. The van der Waals surface area contributed by atoms with Gasteiger partial charge in [-0.05, 0) is 36.3 Å². The Morgan fingerprint density at radius 2 is 1.94 bits per heavy atom. The summed E-state index contributed by atoms with van der Waals surface area (Å²) in [5, 5.41) is 3.30. The molecule has 1 aromatic carbocycles. The minimum absolute atomic E-state index is 0.0939. The minimum atomic E-state index is -0.0939. The third kappa shape index (κ3) is 2.52. The first-order chi connectivity index (χ1) is 8.83. The molecule has 1 aliphatic heterocycles. The van der Waals surface area contributed by atoms with Crippen molar-refractivity contribution in [3.05, 3.63) is 29.6 Å². The van der Waals surface area contributed by atoms with Crippen LogP contribution in [-0.2, 0) is 6.42 Å². The van der Waals surface area contributed by atoms with Crippen LogP contribution in [0.25, 0.3) is 0 Å². The lowest BCUT2D eigenvalue weighted by Gasteiger charge is -2.31. The molecule has 0 amide bonds. The average molecular weight is 247 g/mol. The number of rotatable bonds is 2. The van der Waals surface area contributed by atoms with E-state index in [0.717, 1.165) is 24.6 Å². The molecule has 1 aromatic rings. The van der Waals surface area contributed by atoms with Crippen molar-refractivity contribution in [3.8, 4) is 0 Å². The number of fused-ring (bicyclic) bond motifs is 1. The fourth-order valence-electron chi connectivity index (χ4n) is 3.63. The van der Waals surface area contributed by atoms with Crippen LogP contribution in [0.15, 0.2) is 18.2 Å². The van der Waals surface area contributed by atoms with Crippen LogP contribution in [0, 0.1) is 17.7 Å². The second-order valence-electron chi connectivity index (χ2n) is 5.96. The van der Waals surface area contributed by atoms with Gasteiger partial charge in [-0.2, -0.15) is 0 Å². The Balaban J connectivity index is 1.64. The first-order valence-electron chi connectivity index (χ1n) is 7.34. The largest absolute Gasteiger partial charge is 0.382 e.